The van der Waals surface area contributed by atoms with Gasteiger partial charge in [0.15, 0.2) is 5.78 Å². The highest BCUT2D eigenvalue weighted by atomic mass is 16.7. The molecule has 1 aromatic carbocycles. The van der Waals surface area contributed by atoms with Crippen LogP contribution in [0.25, 0.3) is 0 Å². The van der Waals surface area contributed by atoms with Crippen molar-refractivity contribution < 1.29 is 14.3 Å². The third-order valence-electron chi connectivity index (χ3n) is 4.28. The Hall–Kier alpha value is -1.19. The molecule has 0 unspecified atom stereocenters. The first-order valence-corrected chi connectivity index (χ1v) is 6.15. The molecule has 0 N–H and O–H groups in total. The van der Waals surface area contributed by atoms with E-state index in [-0.39, 0.29) is 17.3 Å². The molecule has 2 heterocycles. The van der Waals surface area contributed by atoms with Gasteiger partial charge in [0.05, 0.1) is 12.7 Å². The first kappa shape index (κ1) is 9.80. The lowest BCUT2D eigenvalue weighted by atomic mass is 9.74. The van der Waals surface area contributed by atoms with E-state index in [0.29, 0.717) is 6.61 Å². The zero-order valence-corrected chi connectivity index (χ0v) is 9.52. The first-order chi connectivity index (χ1) is 8.27. The number of rotatable bonds is 0. The predicted octanol–water partition coefficient (Wildman–Crippen LogP) is 1.49. The highest BCUT2D eigenvalue weighted by molar-refractivity contribution is 5.90. The Labute approximate surface area is 99.7 Å². The number of hydrogen-bond acceptors (Lipinski definition) is 3. The molecule has 3 heteroatoms. The molecule has 0 saturated carbocycles. The lowest BCUT2D eigenvalue weighted by Crippen LogP contribution is -2.46. The average molecular weight is 230 g/mol. The second-order valence-electron chi connectivity index (χ2n) is 5.39. The molecule has 2 bridgehead atoms. The Morgan fingerprint density at radius 3 is 2.59 bits per heavy atom. The molecule has 2 atom stereocenters. The van der Waals surface area contributed by atoms with Gasteiger partial charge in [-0.3, -0.25) is 4.79 Å². The van der Waals surface area contributed by atoms with E-state index < -0.39 is 6.29 Å². The van der Waals surface area contributed by atoms with Gasteiger partial charge in [0.2, 0.25) is 6.29 Å². The number of Topliss-reactive ketones (excluding diaryl/α,β-unsaturated/α-hetero) is 1. The highest BCUT2D eigenvalue weighted by Crippen LogP contribution is 2.47. The molecular formula is C14H14O3. The summed E-state index contributed by atoms with van der Waals surface area (Å²) >= 11 is 0. The van der Waals surface area contributed by atoms with Gasteiger partial charge in [0.1, 0.15) is 0 Å². The van der Waals surface area contributed by atoms with Gasteiger partial charge in [0, 0.05) is 5.41 Å². The predicted molar refractivity (Wildman–Crippen MR) is 60.5 cm³/mol. The van der Waals surface area contributed by atoms with Crippen LogP contribution in [0.2, 0.25) is 0 Å². The molecule has 2 aliphatic heterocycles. The molecule has 3 aliphatic rings. The van der Waals surface area contributed by atoms with Crippen LogP contribution in [0.15, 0.2) is 24.3 Å². The smallest absolute Gasteiger partial charge is 0.218 e. The monoisotopic (exact) mass is 230 g/mol. The van der Waals surface area contributed by atoms with Gasteiger partial charge < -0.3 is 9.47 Å². The van der Waals surface area contributed by atoms with Gasteiger partial charge in [-0.15, -0.1) is 0 Å². The van der Waals surface area contributed by atoms with Gasteiger partial charge in [0.25, 0.3) is 0 Å². The summed E-state index contributed by atoms with van der Waals surface area (Å²) in [7, 11) is 0. The number of carbonyl (C=O) groups excluding carboxylic acids is 1. The number of ether oxygens (including phenoxy) is 2. The number of hydrogen-bond donors (Lipinski definition) is 0. The molecule has 88 valence electrons. The molecule has 1 aliphatic carbocycles. The van der Waals surface area contributed by atoms with Crippen LogP contribution in [0.3, 0.4) is 0 Å². The zero-order valence-electron chi connectivity index (χ0n) is 9.52. The average Bonchev–Trinajstić information content (AvgIpc) is 2.89. The van der Waals surface area contributed by atoms with Crippen molar-refractivity contribution in [3.8, 4) is 0 Å². The van der Waals surface area contributed by atoms with Crippen molar-refractivity contribution in [2.45, 2.75) is 31.7 Å². The van der Waals surface area contributed by atoms with E-state index in [1.54, 1.807) is 0 Å². The van der Waals surface area contributed by atoms with E-state index in [0.717, 1.165) is 19.3 Å². The Bertz CT molecular complexity index is 469. The summed E-state index contributed by atoms with van der Waals surface area (Å²) in [5.74, 6) is 0.155. The van der Waals surface area contributed by atoms with Crippen molar-refractivity contribution in [3.05, 3.63) is 35.4 Å². The molecule has 17 heavy (non-hydrogen) atoms. The maximum Gasteiger partial charge on any atom is 0.218 e. The highest BCUT2D eigenvalue weighted by Gasteiger charge is 2.54. The van der Waals surface area contributed by atoms with Crippen molar-refractivity contribution in [1.82, 2.24) is 0 Å². The minimum absolute atomic E-state index is 0.118. The number of ketones is 1. The van der Waals surface area contributed by atoms with Gasteiger partial charge in [-0.25, -0.2) is 0 Å². The number of fused-ring (bicyclic) bond motifs is 3. The minimum atomic E-state index is -0.594. The quantitative estimate of drug-likeness (QED) is 0.677. The first-order valence-electron chi connectivity index (χ1n) is 6.15. The molecule has 0 aromatic heterocycles. The van der Waals surface area contributed by atoms with Crippen LogP contribution >= 0.6 is 0 Å². The third-order valence-corrected chi connectivity index (χ3v) is 4.28. The van der Waals surface area contributed by atoms with E-state index in [9.17, 15) is 4.79 Å². The summed E-state index contributed by atoms with van der Waals surface area (Å²) in [4.78, 5) is 12.4. The molecule has 3 nitrogen and oxygen atoms in total. The molecule has 1 spiro atoms. The van der Waals surface area contributed by atoms with Gasteiger partial charge in [-0.1, -0.05) is 24.3 Å². The van der Waals surface area contributed by atoms with Crippen LogP contribution in [0.1, 0.15) is 17.5 Å². The van der Waals surface area contributed by atoms with Gasteiger partial charge in [-0.05, 0) is 30.4 Å². The van der Waals surface area contributed by atoms with Crippen LogP contribution in [0.5, 0.6) is 0 Å². The molecule has 0 amide bonds. The summed E-state index contributed by atoms with van der Waals surface area (Å²) in [6.07, 6.45) is 2.07. The van der Waals surface area contributed by atoms with Crippen LogP contribution < -0.4 is 0 Å². The summed E-state index contributed by atoms with van der Waals surface area (Å²) in [6.45, 7) is 0.578. The van der Waals surface area contributed by atoms with Crippen LogP contribution in [0, 0.1) is 5.41 Å². The van der Waals surface area contributed by atoms with E-state index in [1.807, 2.05) is 12.1 Å². The second kappa shape index (κ2) is 3.18. The molecule has 2 saturated heterocycles. The summed E-state index contributed by atoms with van der Waals surface area (Å²) < 4.78 is 10.9. The largest absolute Gasteiger partial charge is 0.343 e. The van der Waals surface area contributed by atoms with E-state index in [2.05, 4.69) is 12.1 Å². The van der Waals surface area contributed by atoms with Crippen LogP contribution in [-0.4, -0.2) is 24.8 Å². The fourth-order valence-electron chi connectivity index (χ4n) is 3.49. The van der Waals surface area contributed by atoms with Crippen molar-refractivity contribution in [3.63, 3.8) is 0 Å². The second-order valence-corrected chi connectivity index (χ2v) is 5.39. The Morgan fingerprint density at radius 1 is 1.18 bits per heavy atom. The zero-order chi connectivity index (χ0) is 11.5. The van der Waals surface area contributed by atoms with Crippen molar-refractivity contribution in [1.29, 1.82) is 0 Å². The van der Waals surface area contributed by atoms with E-state index >= 15 is 0 Å². The Balaban J connectivity index is 1.74. The summed E-state index contributed by atoms with van der Waals surface area (Å²) in [5.41, 5.74) is 2.40. The lowest BCUT2D eigenvalue weighted by Gasteiger charge is -2.34. The lowest BCUT2D eigenvalue weighted by molar-refractivity contribution is -0.168. The summed E-state index contributed by atoms with van der Waals surface area (Å²) in [6, 6.07) is 8.37. The Kier molecular flexibility index (Phi) is 1.83. The standard InChI is InChI=1S/C14H14O3/c15-12-13-16-8-11(17-13)7-14(12)5-9-3-1-2-4-10(9)6-14/h1-4,11,13H,5-8H2/t11-,13+/m0/s1. The van der Waals surface area contributed by atoms with Crippen LogP contribution in [-0.2, 0) is 27.1 Å². The fraction of sp³-hybridized carbons (Fsp3) is 0.500. The SMILES string of the molecule is O=C1[C@@H]2OC[C@H](CC13Cc1ccccc1C3)O2. The number of benzene rings is 1. The normalized spacial score (nSPS) is 33.1. The van der Waals surface area contributed by atoms with Crippen molar-refractivity contribution in [2.75, 3.05) is 6.61 Å². The number of carbonyl (C=O) groups is 1. The van der Waals surface area contributed by atoms with E-state index in [4.69, 9.17) is 9.47 Å². The fourth-order valence-corrected chi connectivity index (χ4v) is 3.49. The Morgan fingerprint density at radius 2 is 1.88 bits per heavy atom. The molecule has 0 radical (unpaired) electrons. The van der Waals surface area contributed by atoms with Crippen molar-refractivity contribution >= 4 is 5.78 Å². The molecule has 2 fully saturated rings. The molecule has 4 rings (SSSR count). The van der Waals surface area contributed by atoms with E-state index in [1.165, 1.54) is 11.1 Å². The molecule has 1 aromatic rings. The summed E-state index contributed by atoms with van der Waals surface area (Å²) in [5, 5.41) is 0. The molecular weight excluding hydrogens is 216 g/mol. The third kappa shape index (κ3) is 1.27. The van der Waals surface area contributed by atoms with Crippen LogP contribution in [0.4, 0.5) is 0 Å². The van der Waals surface area contributed by atoms with Crippen molar-refractivity contribution in [2.24, 2.45) is 5.41 Å². The van der Waals surface area contributed by atoms with Gasteiger partial charge >= 0.3 is 0 Å². The maximum atomic E-state index is 12.4. The minimum Gasteiger partial charge on any atom is -0.343 e. The maximum absolute atomic E-state index is 12.4. The topological polar surface area (TPSA) is 35.5 Å². The van der Waals surface area contributed by atoms with Gasteiger partial charge in [-0.2, -0.15) is 0 Å².